The number of anilines is 1. The molecule has 0 bridgehead atoms. The fourth-order valence-electron chi connectivity index (χ4n) is 6.38. The summed E-state index contributed by atoms with van der Waals surface area (Å²) < 4.78 is 101. The van der Waals surface area contributed by atoms with Gasteiger partial charge < -0.3 is 23.9 Å². The van der Waals surface area contributed by atoms with Crippen molar-refractivity contribution in [2.24, 2.45) is 0 Å². The summed E-state index contributed by atoms with van der Waals surface area (Å²) in [7, 11) is -3.05. The van der Waals surface area contributed by atoms with Crippen molar-refractivity contribution in [3.63, 3.8) is 0 Å². The average Bonchev–Trinajstić information content (AvgIpc) is 3.19. The van der Waals surface area contributed by atoms with E-state index >= 15 is 0 Å². The Bertz CT molecular complexity index is 2200. The number of benzene rings is 4. The fourth-order valence-corrected chi connectivity index (χ4v) is 9.17. The lowest BCUT2D eigenvalue weighted by Gasteiger charge is -2.53. The second kappa shape index (κ2) is 14.8. The monoisotopic (exact) mass is 773 g/mol. The number of fused-ring (bicyclic) bond motifs is 1. The Labute approximate surface area is 314 Å². The first-order valence-corrected chi connectivity index (χ1v) is 19.5. The second-order valence-electron chi connectivity index (χ2n) is 12.9. The third-order valence-electron chi connectivity index (χ3n) is 9.65. The number of ether oxygens (including phenoxy) is 2. The van der Waals surface area contributed by atoms with Gasteiger partial charge in [0.15, 0.2) is 0 Å². The van der Waals surface area contributed by atoms with Gasteiger partial charge in [0.1, 0.15) is 35.0 Å². The first-order valence-electron chi connectivity index (χ1n) is 17.0. The summed E-state index contributed by atoms with van der Waals surface area (Å²) in [5.41, 5.74) is 2.91. The highest BCUT2D eigenvalue weighted by Crippen LogP contribution is 2.66. The van der Waals surface area contributed by atoms with Crippen molar-refractivity contribution in [3.05, 3.63) is 138 Å². The first-order chi connectivity index (χ1) is 26.1. The molecule has 1 N–H and O–H groups in total. The zero-order valence-electron chi connectivity index (χ0n) is 29.4. The number of aliphatic hydroxyl groups is 1. The smallest absolute Gasteiger partial charge is 0.390 e. The number of nitriles is 2. The van der Waals surface area contributed by atoms with E-state index in [9.17, 15) is 42.0 Å². The van der Waals surface area contributed by atoms with E-state index in [0.717, 1.165) is 28.6 Å². The number of para-hydroxylation sites is 1. The van der Waals surface area contributed by atoms with Crippen molar-refractivity contribution in [2.45, 2.75) is 37.0 Å². The van der Waals surface area contributed by atoms with E-state index in [1.807, 2.05) is 86.3 Å². The number of nitrogens with zero attached hydrogens (tertiary/aromatic N) is 3. The maximum atomic E-state index is 14.8. The molecule has 4 aromatic carbocycles. The summed E-state index contributed by atoms with van der Waals surface area (Å²) in [5, 5.41) is 29.6. The number of rotatable bonds is 12. The van der Waals surface area contributed by atoms with E-state index in [0.29, 0.717) is 40.9 Å². The van der Waals surface area contributed by atoms with Gasteiger partial charge in [0.05, 0.1) is 6.61 Å². The summed E-state index contributed by atoms with van der Waals surface area (Å²) >= 11 is 0. The van der Waals surface area contributed by atoms with Crippen LogP contribution in [0.3, 0.4) is 0 Å². The normalized spacial score (nSPS) is 21.8. The molecule has 0 radical (unpaired) electrons. The van der Waals surface area contributed by atoms with Crippen LogP contribution in [0, 0.1) is 22.7 Å². The lowest BCUT2D eigenvalue weighted by atomic mass is 9.76. The van der Waals surface area contributed by atoms with Gasteiger partial charge in [-0.2, -0.15) is 36.9 Å². The molecule has 1 fully saturated rings. The van der Waals surface area contributed by atoms with E-state index in [-0.39, 0.29) is 12.2 Å². The van der Waals surface area contributed by atoms with Crippen molar-refractivity contribution in [1.82, 2.24) is 0 Å². The molecule has 1 aliphatic carbocycles. The zero-order chi connectivity index (χ0) is 39.6. The van der Waals surface area contributed by atoms with Gasteiger partial charge in [-0.3, -0.25) is 0 Å². The van der Waals surface area contributed by atoms with Crippen molar-refractivity contribution < 1.29 is 45.3 Å². The van der Waals surface area contributed by atoms with Gasteiger partial charge in [-0.05, 0) is 71.9 Å². The van der Waals surface area contributed by atoms with Crippen LogP contribution < -0.4 is 24.7 Å². The van der Waals surface area contributed by atoms with Crippen LogP contribution in [0.15, 0.2) is 127 Å². The highest BCUT2D eigenvalue weighted by atomic mass is 28.4. The Kier molecular flexibility index (Phi) is 10.5. The van der Waals surface area contributed by atoms with E-state index in [2.05, 4.69) is 9.64 Å². The third-order valence-corrected chi connectivity index (χ3v) is 13.3. The number of alkyl halides is 6. The minimum Gasteiger partial charge on any atom is -0.457 e. The molecule has 4 aromatic rings. The summed E-state index contributed by atoms with van der Waals surface area (Å²) in [4.78, 5) is 2.10. The standard InChI is InChI=1S/C41H33F6N3O4Si/c1-3-50(30-16-13-28(14-17-30)15-18-32-25-36(29(26-48)27-49)35-11-7-8-12-37(35)53-32)23-24-52-55(2,33-9-5-4-6-10-33)34-21-19-31(20-22-34)54-41(47)39(44,45)38(42,43)40(41,46)51/h4-22,25,51H,3,23-24H2,1-2H3/b18-15+. The van der Waals surface area contributed by atoms with Crippen LogP contribution in [0.25, 0.3) is 11.6 Å². The maximum Gasteiger partial charge on any atom is 0.390 e. The topological polar surface area (TPSA) is 98.7 Å². The summed E-state index contributed by atoms with van der Waals surface area (Å²) in [6.07, 6.45) is 5.27. The lowest BCUT2D eigenvalue weighted by molar-refractivity contribution is -0.535. The summed E-state index contributed by atoms with van der Waals surface area (Å²) in [5.74, 6) is -21.3. The Morgan fingerprint density at radius 1 is 0.818 bits per heavy atom. The Morgan fingerprint density at radius 3 is 2.05 bits per heavy atom. The van der Waals surface area contributed by atoms with Crippen molar-refractivity contribution in [2.75, 3.05) is 24.6 Å². The predicted molar refractivity (Wildman–Crippen MR) is 197 cm³/mol. The maximum absolute atomic E-state index is 14.8. The zero-order valence-corrected chi connectivity index (χ0v) is 30.4. The Morgan fingerprint density at radius 2 is 1.44 bits per heavy atom. The number of hydrogen-bond acceptors (Lipinski definition) is 7. The van der Waals surface area contributed by atoms with Gasteiger partial charge in [-0.25, -0.2) is 0 Å². The minimum absolute atomic E-state index is 0.0191. The molecule has 3 unspecified atom stereocenters. The van der Waals surface area contributed by atoms with Crippen molar-refractivity contribution in [1.29, 1.82) is 10.5 Å². The molecule has 282 valence electrons. The Hall–Kier alpha value is -5.80. The highest BCUT2D eigenvalue weighted by Gasteiger charge is 3.01. The molecule has 1 heterocycles. The largest absolute Gasteiger partial charge is 0.457 e. The second-order valence-corrected chi connectivity index (χ2v) is 16.4. The van der Waals surface area contributed by atoms with Gasteiger partial charge in [0.25, 0.3) is 8.32 Å². The molecule has 1 aliphatic heterocycles. The minimum atomic E-state index is -5.68. The van der Waals surface area contributed by atoms with E-state index < -0.39 is 37.6 Å². The molecule has 0 saturated heterocycles. The summed E-state index contributed by atoms with van der Waals surface area (Å²) in [6, 6.07) is 32.9. The SMILES string of the molecule is CCN(CCO[Si](C)(c1ccccc1)c1ccc(OC2(F)C(O)(F)C(F)(F)C2(F)F)cc1)c1ccc(/C=C/C2=CC(=C(C#N)C#N)c3ccccc3O2)cc1. The van der Waals surface area contributed by atoms with Crippen molar-refractivity contribution >= 4 is 36.0 Å². The molecule has 3 atom stereocenters. The number of allylic oxidation sites excluding steroid dienone is 4. The molecule has 0 amide bonds. The van der Waals surface area contributed by atoms with Gasteiger partial charge in [-0.15, -0.1) is 0 Å². The fraction of sp³-hybridized carbons (Fsp3) is 0.220. The van der Waals surface area contributed by atoms with Gasteiger partial charge in [-0.1, -0.05) is 78.9 Å². The molecular weight excluding hydrogens is 741 g/mol. The van der Waals surface area contributed by atoms with E-state index in [4.69, 9.17) is 9.16 Å². The molecule has 55 heavy (non-hydrogen) atoms. The van der Waals surface area contributed by atoms with Crippen molar-refractivity contribution in [3.8, 4) is 23.6 Å². The lowest BCUT2D eigenvalue weighted by Crippen LogP contribution is -2.88. The molecule has 7 nitrogen and oxygen atoms in total. The van der Waals surface area contributed by atoms with Crippen LogP contribution in [-0.2, 0) is 4.43 Å². The third kappa shape index (κ3) is 6.67. The van der Waals surface area contributed by atoms with Crippen LogP contribution in [-0.4, -0.2) is 56.7 Å². The van der Waals surface area contributed by atoms with Gasteiger partial charge >= 0.3 is 23.6 Å². The quantitative estimate of drug-likeness (QED) is 0.0896. The van der Waals surface area contributed by atoms with E-state index in [1.165, 1.54) is 12.1 Å². The molecule has 6 rings (SSSR count). The van der Waals surface area contributed by atoms with Gasteiger partial charge in [0.2, 0.25) is 0 Å². The van der Waals surface area contributed by atoms with Crippen LogP contribution >= 0.6 is 0 Å². The average molecular weight is 774 g/mol. The highest BCUT2D eigenvalue weighted by molar-refractivity contribution is 6.96. The molecule has 0 aromatic heterocycles. The first kappa shape index (κ1) is 38.9. The Balaban J connectivity index is 1.14. The van der Waals surface area contributed by atoms with Crippen LogP contribution in [0.2, 0.25) is 6.55 Å². The van der Waals surface area contributed by atoms with Gasteiger partial charge in [0, 0.05) is 29.9 Å². The predicted octanol–water partition coefficient (Wildman–Crippen LogP) is 7.70. The molecule has 0 spiro atoms. The number of halogens is 6. The van der Waals surface area contributed by atoms with E-state index in [1.54, 1.807) is 36.4 Å². The van der Waals surface area contributed by atoms with Crippen LogP contribution in [0.1, 0.15) is 18.1 Å². The number of likely N-dealkylation sites (N-methyl/N-ethyl adjacent to an activating group) is 1. The molecular formula is C41H33F6N3O4Si. The summed E-state index contributed by atoms with van der Waals surface area (Å²) in [6.45, 7) is 5.26. The molecule has 1 saturated carbocycles. The molecule has 14 heteroatoms. The number of hydrogen-bond donors (Lipinski definition) is 1. The van der Waals surface area contributed by atoms with Crippen LogP contribution in [0.4, 0.5) is 32.0 Å². The molecule has 2 aliphatic rings. The van der Waals surface area contributed by atoms with Crippen LogP contribution in [0.5, 0.6) is 11.5 Å².